The lowest BCUT2D eigenvalue weighted by molar-refractivity contribution is -0.139. The third-order valence-electron chi connectivity index (χ3n) is 3.71. The van der Waals surface area contributed by atoms with Gasteiger partial charge in [-0.15, -0.1) is 0 Å². The van der Waals surface area contributed by atoms with Crippen molar-refractivity contribution in [2.75, 3.05) is 19.8 Å². The number of hydrogen-bond donors (Lipinski definition) is 0. The van der Waals surface area contributed by atoms with Gasteiger partial charge in [-0.3, -0.25) is 9.69 Å². The van der Waals surface area contributed by atoms with Crippen LogP contribution in [0.4, 0.5) is 0 Å². The maximum absolute atomic E-state index is 12.3. The van der Waals surface area contributed by atoms with Crippen molar-refractivity contribution >= 4 is 12.2 Å². The van der Waals surface area contributed by atoms with Crippen molar-refractivity contribution in [3.63, 3.8) is 0 Å². The highest BCUT2D eigenvalue weighted by Gasteiger charge is 2.31. The van der Waals surface area contributed by atoms with Gasteiger partial charge in [-0.05, 0) is 33.4 Å². The quantitative estimate of drug-likeness (QED) is 0.722. The Labute approximate surface area is 110 Å². The van der Waals surface area contributed by atoms with E-state index in [1.807, 2.05) is 18.2 Å². The van der Waals surface area contributed by atoms with Gasteiger partial charge in [-0.1, -0.05) is 20.8 Å². The number of rotatable bonds is 6. The summed E-state index contributed by atoms with van der Waals surface area (Å²) in [6, 6.07) is 0.233. The van der Waals surface area contributed by atoms with Crippen LogP contribution in [0.25, 0.3) is 0 Å². The zero-order chi connectivity index (χ0) is 13.7. The Bertz CT molecular complexity index is 301. The lowest BCUT2D eigenvalue weighted by Gasteiger charge is -2.38. The molecule has 0 radical (unpaired) electrons. The lowest BCUT2D eigenvalue weighted by atomic mass is 10.1. The summed E-state index contributed by atoms with van der Waals surface area (Å²) in [6.07, 6.45) is 2.82. The van der Waals surface area contributed by atoms with Crippen molar-refractivity contribution in [2.45, 2.75) is 53.1 Å². The first-order valence-corrected chi connectivity index (χ1v) is 6.90. The number of amides is 1. The van der Waals surface area contributed by atoms with Crippen molar-refractivity contribution in [2.24, 2.45) is 5.10 Å². The molecule has 0 unspecified atom stereocenters. The van der Waals surface area contributed by atoms with E-state index in [0.717, 1.165) is 19.5 Å². The normalized spacial score (nSPS) is 21.9. The van der Waals surface area contributed by atoms with Gasteiger partial charge in [0.25, 0.3) is 5.91 Å². The van der Waals surface area contributed by atoms with Crippen LogP contribution in [0.2, 0.25) is 0 Å². The summed E-state index contributed by atoms with van der Waals surface area (Å²) in [4.78, 5) is 16.5. The summed E-state index contributed by atoms with van der Waals surface area (Å²) in [7, 11) is 0. The van der Waals surface area contributed by atoms with Crippen LogP contribution in [0.5, 0.6) is 0 Å². The van der Waals surface area contributed by atoms with Crippen molar-refractivity contribution in [1.29, 1.82) is 0 Å². The van der Waals surface area contributed by atoms with Gasteiger partial charge in [-0.25, -0.2) is 5.01 Å². The summed E-state index contributed by atoms with van der Waals surface area (Å²) in [5, 5.41) is 5.87. The minimum atomic E-state index is -0.118. The fourth-order valence-electron chi connectivity index (χ4n) is 2.05. The first kappa shape index (κ1) is 15.0. The largest absolute Gasteiger partial charge is 0.347 e. The molecule has 1 aliphatic heterocycles. The minimum absolute atomic E-state index is 0.0877. The van der Waals surface area contributed by atoms with E-state index in [1.165, 1.54) is 0 Å². The molecular weight excluding hydrogens is 228 g/mol. The van der Waals surface area contributed by atoms with Gasteiger partial charge in [0.1, 0.15) is 12.4 Å². The van der Waals surface area contributed by atoms with Gasteiger partial charge in [0, 0.05) is 6.04 Å². The first-order valence-electron chi connectivity index (χ1n) is 6.90. The number of nitrogens with zero attached hydrogens (tertiary/aromatic N) is 4. The van der Waals surface area contributed by atoms with E-state index in [4.69, 9.17) is 0 Å². The summed E-state index contributed by atoms with van der Waals surface area (Å²) in [6.45, 7) is 12.8. The topological polar surface area (TPSA) is 39.1 Å². The van der Waals surface area contributed by atoms with Gasteiger partial charge in [0.15, 0.2) is 0 Å². The van der Waals surface area contributed by atoms with E-state index in [9.17, 15) is 4.79 Å². The highest BCUT2D eigenvalue weighted by molar-refractivity contribution is 5.86. The Morgan fingerprint density at radius 1 is 1.39 bits per heavy atom. The molecule has 0 aliphatic carbocycles. The second-order valence-corrected chi connectivity index (χ2v) is 4.79. The van der Waals surface area contributed by atoms with E-state index in [-0.39, 0.29) is 11.9 Å². The zero-order valence-corrected chi connectivity index (χ0v) is 12.3. The summed E-state index contributed by atoms with van der Waals surface area (Å²) in [5.74, 6) is 0.0877. The molecule has 0 saturated carbocycles. The van der Waals surface area contributed by atoms with Crippen molar-refractivity contribution in [1.82, 2.24) is 14.8 Å². The SMILES string of the molecule is CC[C@@H](C)N1C=NN(CN(CC)CC)C(=O)[C@@H]1C. The van der Waals surface area contributed by atoms with Crippen LogP contribution >= 0.6 is 0 Å². The smallest absolute Gasteiger partial charge is 0.266 e. The van der Waals surface area contributed by atoms with Crippen LogP contribution in [-0.2, 0) is 4.79 Å². The third kappa shape index (κ3) is 3.22. The molecule has 0 bridgehead atoms. The molecule has 0 fully saturated rings. The molecule has 1 rings (SSSR count). The van der Waals surface area contributed by atoms with E-state index in [1.54, 1.807) is 5.01 Å². The maximum Gasteiger partial charge on any atom is 0.266 e. The molecule has 0 aromatic carbocycles. The van der Waals surface area contributed by atoms with Gasteiger partial charge in [0.05, 0.1) is 6.67 Å². The Morgan fingerprint density at radius 3 is 2.50 bits per heavy atom. The van der Waals surface area contributed by atoms with Crippen molar-refractivity contribution in [3.8, 4) is 0 Å². The average molecular weight is 254 g/mol. The molecule has 1 amide bonds. The van der Waals surface area contributed by atoms with Gasteiger partial charge in [0.2, 0.25) is 0 Å². The Kier molecular flexibility index (Phi) is 5.59. The van der Waals surface area contributed by atoms with Crippen molar-refractivity contribution < 1.29 is 4.79 Å². The van der Waals surface area contributed by atoms with Gasteiger partial charge >= 0.3 is 0 Å². The van der Waals surface area contributed by atoms with Crippen LogP contribution in [0, 0.1) is 0 Å². The summed E-state index contributed by atoms with van der Waals surface area (Å²) >= 11 is 0. The average Bonchev–Trinajstić information content (AvgIpc) is 2.39. The molecule has 0 aromatic heterocycles. The highest BCUT2D eigenvalue weighted by Crippen LogP contribution is 2.14. The molecule has 5 heteroatoms. The third-order valence-corrected chi connectivity index (χ3v) is 3.71. The molecule has 1 heterocycles. The molecule has 5 nitrogen and oxygen atoms in total. The number of carbonyl (C=O) groups is 1. The fraction of sp³-hybridized carbons (Fsp3) is 0.846. The van der Waals surface area contributed by atoms with Crippen LogP contribution in [0.3, 0.4) is 0 Å². The molecule has 0 saturated heterocycles. The number of hydrazone groups is 1. The molecule has 0 aromatic rings. The standard InChI is InChI=1S/C13H26N4O/c1-6-11(4)16-9-14-17(13(18)12(16)5)10-15(7-2)8-3/h9,11-12H,6-8,10H2,1-5H3/t11-,12+/m1/s1. The molecule has 0 N–H and O–H groups in total. The Morgan fingerprint density at radius 2 is 2.00 bits per heavy atom. The predicted octanol–water partition coefficient (Wildman–Crippen LogP) is 1.56. The molecule has 104 valence electrons. The number of carbonyl (C=O) groups excluding carboxylic acids is 1. The molecule has 0 spiro atoms. The highest BCUT2D eigenvalue weighted by atomic mass is 16.2. The van der Waals surface area contributed by atoms with E-state index in [0.29, 0.717) is 12.7 Å². The van der Waals surface area contributed by atoms with Crippen LogP contribution < -0.4 is 0 Å². The molecule has 1 aliphatic rings. The van der Waals surface area contributed by atoms with Crippen LogP contribution in [-0.4, -0.2) is 58.9 Å². The predicted molar refractivity (Wildman–Crippen MR) is 74.2 cm³/mol. The van der Waals surface area contributed by atoms with E-state index < -0.39 is 0 Å². The van der Waals surface area contributed by atoms with Crippen LogP contribution in [0.15, 0.2) is 5.10 Å². The second-order valence-electron chi connectivity index (χ2n) is 4.79. The summed E-state index contributed by atoms with van der Waals surface area (Å²) in [5.41, 5.74) is 0. The fourth-order valence-corrected chi connectivity index (χ4v) is 2.05. The van der Waals surface area contributed by atoms with Crippen molar-refractivity contribution in [3.05, 3.63) is 0 Å². The van der Waals surface area contributed by atoms with Gasteiger partial charge in [-0.2, -0.15) is 5.10 Å². The Hall–Kier alpha value is -1.10. The van der Waals surface area contributed by atoms with Crippen LogP contribution in [0.1, 0.15) is 41.0 Å². The minimum Gasteiger partial charge on any atom is -0.347 e. The molecule has 18 heavy (non-hydrogen) atoms. The Balaban J connectivity index is 2.72. The zero-order valence-electron chi connectivity index (χ0n) is 12.3. The molecular formula is C13H26N4O. The monoisotopic (exact) mass is 254 g/mol. The molecule has 2 atom stereocenters. The van der Waals surface area contributed by atoms with Gasteiger partial charge < -0.3 is 4.90 Å². The first-order chi connectivity index (χ1) is 8.54. The van der Waals surface area contributed by atoms with E-state index >= 15 is 0 Å². The second kappa shape index (κ2) is 6.73. The number of hydrogen-bond acceptors (Lipinski definition) is 4. The summed E-state index contributed by atoms with van der Waals surface area (Å²) < 4.78 is 0. The maximum atomic E-state index is 12.3. The lowest BCUT2D eigenvalue weighted by Crippen LogP contribution is -2.54. The van der Waals surface area contributed by atoms with E-state index in [2.05, 4.69) is 37.7 Å².